The van der Waals surface area contributed by atoms with E-state index < -0.39 is 0 Å². The molecule has 1 aromatic heterocycles. The van der Waals surface area contributed by atoms with Crippen molar-refractivity contribution in [2.45, 2.75) is 44.4 Å². The van der Waals surface area contributed by atoms with Gasteiger partial charge in [0, 0.05) is 17.3 Å². The lowest BCUT2D eigenvalue weighted by Gasteiger charge is -2.07. The first-order valence-electron chi connectivity index (χ1n) is 5.22. The average Bonchev–Trinajstić information content (AvgIpc) is 3.00. The van der Waals surface area contributed by atoms with Crippen LogP contribution in [0.5, 0.6) is 0 Å². The van der Waals surface area contributed by atoms with E-state index in [1.807, 2.05) is 6.92 Å². The summed E-state index contributed by atoms with van der Waals surface area (Å²) in [6.45, 7) is 4.04. The Bertz CT molecular complexity index is 312. The molecule has 1 aromatic rings. The van der Waals surface area contributed by atoms with Gasteiger partial charge in [0.05, 0.1) is 5.38 Å². The third-order valence-corrected chi connectivity index (χ3v) is 2.73. The summed E-state index contributed by atoms with van der Waals surface area (Å²) in [6.07, 6.45) is 3.51. The van der Waals surface area contributed by atoms with Crippen molar-refractivity contribution >= 4 is 11.6 Å². The van der Waals surface area contributed by atoms with Gasteiger partial charge in [0.15, 0.2) is 0 Å². The first-order valence-corrected chi connectivity index (χ1v) is 5.66. The quantitative estimate of drug-likeness (QED) is 0.716. The highest BCUT2D eigenvalue weighted by atomic mass is 35.5. The van der Waals surface area contributed by atoms with E-state index >= 15 is 0 Å². The maximum Gasteiger partial charge on any atom is 0.146 e. The predicted molar refractivity (Wildman–Crippen MR) is 57.7 cm³/mol. The second kappa shape index (κ2) is 3.85. The van der Waals surface area contributed by atoms with E-state index in [4.69, 9.17) is 11.6 Å². The summed E-state index contributed by atoms with van der Waals surface area (Å²) in [6, 6.07) is 2.13. The number of halogens is 1. The summed E-state index contributed by atoms with van der Waals surface area (Å²) in [5, 5.41) is -0.0843. The molecule has 1 unspecified atom stereocenters. The van der Waals surface area contributed by atoms with E-state index in [2.05, 4.69) is 23.0 Å². The fraction of sp³-hybridized carbons (Fsp3) is 0.636. The fourth-order valence-electron chi connectivity index (χ4n) is 1.49. The van der Waals surface area contributed by atoms with E-state index in [1.54, 1.807) is 0 Å². The summed E-state index contributed by atoms with van der Waals surface area (Å²) in [5.74, 6) is 1.46. The molecule has 0 bridgehead atoms. The SMILES string of the molecule is CCc1cc(C2CC2)nc(C(C)Cl)n1. The Labute approximate surface area is 89.7 Å². The molecule has 1 atom stereocenters. The number of nitrogens with zero attached hydrogens (tertiary/aromatic N) is 2. The van der Waals surface area contributed by atoms with Crippen molar-refractivity contribution in [2.75, 3.05) is 0 Å². The highest BCUT2D eigenvalue weighted by Gasteiger charge is 2.26. The molecule has 0 aliphatic heterocycles. The zero-order valence-electron chi connectivity index (χ0n) is 8.63. The summed E-state index contributed by atoms with van der Waals surface area (Å²) < 4.78 is 0. The van der Waals surface area contributed by atoms with Gasteiger partial charge in [0.2, 0.25) is 0 Å². The summed E-state index contributed by atoms with van der Waals surface area (Å²) in [7, 11) is 0. The van der Waals surface area contributed by atoms with Gasteiger partial charge in [-0.1, -0.05) is 6.92 Å². The van der Waals surface area contributed by atoms with Crippen LogP contribution in [0.2, 0.25) is 0 Å². The van der Waals surface area contributed by atoms with Crippen LogP contribution in [0, 0.1) is 0 Å². The van der Waals surface area contributed by atoms with Crippen LogP contribution in [0.15, 0.2) is 6.07 Å². The van der Waals surface area contributed by atoms with E-state index in [9.17, 15) is 0 Å². The van der Waals surface area contributed by atoms with Crippen LogP contribution >= 0.6 is 11.6 Å². The largest absolute Gasteiger partial charge is 0.236 e. The molecule has 0 spiro atoms. The molecule has 2 rings (SSSR count). The molecule has 76 valence electrons. The summed E-state index contributed by atoms with van der Waals surface area (Å²) >= 11 is 6.00. The maximum absolute atomic E-state index is 6.00. The van der Waals surface area contributed by atoms with Crippen LogP contribution in [0.4, 0.5) is 0 Å². The van der Waals surface area contributed by atoms with Gasteiger partial charge in [-0.25, -0.2) is 9.97 Å². The zero-order chi connectivity index (χ0) is 10.1. The molecule has 0 N–H and O–H groups in total. The molecule has 1 aliphatic carbocycles. The number of rotatable bonds is 3. The molecule has 2 nitrogen and oxygen atoms in total. The Balaban J connectivity index is 2.35. The first-order chi connectivity index (χ1) is 6.70. The molecule has 0 aromatic carbocycles. The Morgan fingerprint density at radius 1 is 1.50 bits per heavy atom. The Hall–Kier alpha value is -0.630. The predicted octanol–water partition coefficient (Wildman–Crippen LogP) is 3.22. The fourth-order valence-corrected chi connectivity index (χ4v) is 1.58. The molecule has 14 heavy (non-hydrogen) atoms. The van der Waals surface area contributed by atoms with Crippen molar-refractivity contribution in [1.82, 2.24) is 9.97 Å². The molecule has 1 saturated carbocycles. The Morgan fingerprint density at radius 2 is 2.21 bits per heavy atom. The number of alkyl halides is 1. The topological polar surface area (TPSA) is 25.8 Å². The van der Waals surface area contributed by atoms with Crippen molar-refractivity contribution in [3.8, 4) is 0 Å². The molecule has 0 amide bonds. The van der Waals surface area contributed by atoms with Crippen LogP contribution in [-0.2, 0) is 6.42 Å². The van der Waals surface area contributed by atoms with Gasteiger partial charge in [0.25, 0.3) is 0 Å². The average molecular weight is 211 g/mol. The van der Waals surface area contributed by atoms with Crippen molar-refractivity contribution < 1.29 is 0 Å². The van der Waals surface area contributed by atoms with Crippen LogP contribution in [0.25, 0.3) is 0 Å². The second-order valence-electron chi connectivity index (χ2n) is 3.89. The molecular weight excluding hydrogens is 196 g/mol. The van der Waals surface area contributed by atoms with E-state index in [-0.39, 0.29) is 5.38 Å². The minimum Gasteiger partial charge on any atom is -0.236 e. The van der Waals surface area contributed by atoms with Gasteiger partial charge in [-0.05, 0) is 32.3 Å². The van der Waals surface area contributed by atoms with E-state index in [1.165, 1.54) is 18.5 Å². The standard InChI is InChI=1S/C11H15ClN2/c1-3-9-6-10(8-4-5-8)14-11(13-9)7(2)12/h6-8H,3-5H2,1-2H3. The first kappa shape index (κ1) is 9.91. The summed E-state index contributed by atoms with van der Waals surface area (Å²) in [5.41, 5.74) is 2.31. The number of aromatic nitrogens is 2. The van der Waals surface area contributed by atoms with E-state index in [0.29, 0.717) is 5.92 Å². The minimum atomic E-state index is -0.0843. The minimum absolute atomic E-state index is 0.0843. The molecule has 0 saturated heterocycles. The van der Waals surface area contributed by atoms with Gasteiger partial charge < -0.3 is 0 Å². The Kier molecular flexibility index (Phi) is 2.73. The van der Waals surface area contributed by atoms with E-state index in [0.717, 1.165) is 17.9 Å². The van der Waals surface area contributed by atoms with Crippen molar-refractivity contribution in [3.63, 3.8) is 0 Å². The van der Waals surface area contributed by atoms with Crippen molar-refractivity contribution in [3.05, 3.63) is 23.3 Å². The molecular formula is C11H15ClN2. The lowest BCUT2D eigenvalue weighted by molar-refractivity contribution is 0.828. The van der Waals surface area contributed by atoms with Crippen LogP contribution in [-0.4, -0.2) is 9.97 Å². The number of aryl methyl sites for hydroxylation is 1. The molecule has 1 aliphatic rings. The smallest absolute Gasteiger partial charge is 0.146 e. The highest BCUT2D eigenvalue weighted by molar-refractivity contribution is 6.20. The molecule has 1 heterocycles. The molecule has 3 heteroatoms. The van der Waals surface area contributed by atoms with Gasteiger partial charge in [0.1, 0.15) is 5.82 Å². The Morgan fingerprint density at radius 3 is 2.71 bits per heavy atom. The van der Waals surface area contributed by atoms with Crippen molar-refractivity contribution in [1.29, 1.82) is 0 Å². The van der Waals surface area contributed by atoms with Gasteiger partial charge in [-0.15, -0.1) is 11.6 Å². The number of hydrogen-bond donors (Lipinski definition) is 0. The van der Waals surface area contributed by atoms with Crippen LogP contribution in [0.3, 0.4) is 0 Å². The highest BCUT2D eigenvalue weighted by Crippen LogP contribution is 2.39. The van der Waals surface area contributed by atoms with Gasteiger partial charge >= 0.3 is 0 Å². The monoisotopic (exact) mass is 210 g/mol. The second-order valence-corrected chi connectivity index (χ2v) is 4.54. The molecule has 1 fully saturated rings. The normalized spacial score (nSPS) is 18.2. The van der Waals surface area contributed by atoms with Gasteiger partial charge in [-0.2, -0.15) is 0 Å². The summed E-state index contributed by atoms with van der Waals surface area (Å²) in [4.78, 5) is 8.92. The van der Waals surface area contributed by atoms with Crippen molar-refractivity contribution in [2.24, 2.45) is 0 Å². The van der Waals surface area contributed by atoms with Crippen LogP contribution < -0.4 is 0 Å². The third kappa shape index (κ3) is 2.06. The van der Waals surface area contributed by atoms with Crippen LogP contribution in [0.1, 0.15) is 55.2 Å². The lowest BCUT2D eigenvalue weighted by atomic mass is 10.2. The molecule has 0 radical (unpaired) electrons. The third-order valence-electron chi connectivity index (χ3n) is 2.53. The maximum atomic E-state index is 6.00. The van der Waals surface area contributed by atoms with Gasteiger partial charge in [-0.3, -0.25) is 0 Å². The lowest BCUT2D eigenvalue weighted by Crippen LogP contribution is -2.02. The zero-order valence-corrected chi connectivity index (χ0v) is 9.38. The number of hydrogen-bond acceptors (Lipinski definition) is 2.